The molecule has 1 heterocycles. The third kappa shape index (κ3) is 1.28. The van der Waals surface area contributed by atoms with Crippen LogP contribution in [0.5, 0.6) is 0 Å². The van der Waals surface area contributed by atoms with Crippen molar-refractivity contribution in [3.8, 4) is 0 Å². The van der Waals surface area contributed by atoms with Crippen LogP contribution in [0.1, 0.15) is 5.56 Å². The van der Waals surface area contributed by atoms with Gasteiger partial charge in [-0.1, -0.05) is 0 Å². The Bertz CT molecular complexity index is 514. The lowest BCUT2D eigenvalue weighted by Crippen LogP contribution is -1.96. The lowest BCUT2D eigenvalue weighted by Gasteiger charge is -2.01. The second-order valence-electron chi connectivity index (χ2n) is 3.02. The number of aryl methyl sites for hydroxylation is 1. The molecule has 0 saturated heterocycles. The molecule has 13 heavy (non-hydrogen) atoms. The van der Waals surface area contributed by atoms with Gasteiger partial charge in [0, 0.05) is 17.1 Å². The second-order valence-corrected chi connectivity index (χ2v) is 3.02. The van der Waals surface area contributed by atoms with E-state index in [2.05, 4.69) is 0 Å². The SMILES string of the molecule is Cc1cc(N)c2ccc(=O)oc2c1. The van der Waals surface area contributed by atoms with Crippen LogP contribution < -0.4 is 11.4 Å². The molecule has 0 amide bonds. The lowest BCUT2D eigenvalue weighted by atomic mass is 10.1. The first-order chi connectivity index (χ1) is 6.16. The summed E-state index contributed by atoms with van der Waals surface area (Å²) in [6.45, 7) is 1.91. The van der Waals surface area contributed by atoms with Gasteiger partial charge in [-0.15, -0.1) is 0 Å². The van der Waals surface area contributed by atoms with Gasteiger partial charge in [0.15, 0.2) is 0 Å². The summed E-state index contributed by atoms with van der Waals surface area (Å²) in [6.07, 6.45) is 0. The van der Waals surface area contributed by atoms with E-state index in [1.165, 1.54) is 6.07 Å². The number of benzene rings is 1. The van der Waals surface area contributed by atoms with Crippen molar-refractivity contribution in [1.82, 2.24) is 0 Å². The number of rotatable bonds is 0. The average molecular weight is 175 g/mol. The molecule has 1 aromatic heterocycles. The van der Waals surface area contributed by atoms with Crippen LogP contribution in [0.2, 0.25) is 0 Å². The normalized spacial score (nSPS) is 10.5. The van der Waals surface area contributed by atoms with E-state index in [1.807, 2.05) is 13.0 Å². The van der Waals surface area contributed by atoms with Crippen molar-refractivity contribution < 1.29 is 4.42 Å². The van der Waals surface area contributed by atoms with Gasteiger partial charge in [-0.05, 0) is 30.7 Å². The van der Waals surface area contributed by atoms with Crippen molar-refractivity contribution in [2.75, 3.05) is 5.73 Å². The first kappa shape index (κ1) is 7.86. The summed E-state index contributed by atoms with van der Waals surface area (Å²) >= 11 is 0. The zero-order valence-corrected chi connectivity index (χ0v) is 7.20. The number of fused-ring (bicyclic) bond motifs is 1. The molecule has 2 rings (SSSR count). The Balaban J connectivity index is 2.94. The summed E-state index contributed by atoms with van der Waals surface area (Å²) in [6, 6.07) is 6.69. The minimum atomic E-state index is -0.350. The molecule has 0 unspecified atom stereocenters. The van der Waals surface area contributed by atoms with E-state index in [-0.39, 0.29) is 5.63 Å². The zero-order valence-electron chi connectivity index (χ0n) is 7.20. The van der Waals surface area contributed by atoms with Crippen molar-refractivity contribution in [2.24, 2.45) is 0 Å². The van der Waals surface area contributed by atoms with Crippen molar-refractivity contribution in [3.05, 3.63) is 40.2 Å². The first-order valence-electron chi connectivity index (χ1n) is 3.97. The summed E-state index contributed by atoms with van der Waals surface area (Å²) in [5.74, 6) is 0. The molecular weight excluding hydrogens is 166 g/mol. The molecule has 0 bridgehead atoms. The van der Waals surface area contributed by atoms with Gasteiger partial charge in [-0.25, -0.2) is 4.79 Å². The van der Waals surface area contributed by atoms with Gasteiger partial charge in [-0.3, -0.25) is 0 Å². The Morgan fingerprint density at radius 2 is 2.08 bits per heavy atom. The Morgan fingerprint density at radius 1 is 1.31 bits per heavy atom. The molecule has 0 fully saturated rings. The van der Waals surface area contributed by atoms with Gasteiger partial charge in [0.05, 0.1) is 0 Å². The summed E-state index contributed by atoms with van der Waals surface area (Å²) in [7, 11) is 0. The molecule has 3 nitrogen and oxygen atoms in total. The second kappa shape index (κ2) is 2.62. The van der Waals surface area contributed by atoms with E-state index in [0.29, 0.717) is 11.3 Å². The molecule has 0 aliphatic carbocycles. The quantitative estimate of drug-likeness (QED) is 0.489. The number of anilines is 1. The zero-order chi connectivity index (χ0) is 9.42. The van der Waals surface area contributed by atoms with Crippen molar-refractivity contribution in [1.29, 1.82) is 0 Å². The van der Waals surface area contributed by atoms with Gasteiger partial charge >= 0.3 is 5.63 Å². The van der Waals surface area contributed by atoms with Crippen LogP contribution in [-0.4, -0.2) is 0 Å². The fraction of sp³-hybridized carbons (Fsp3) is 0.100. The minimum absolute atomic E-state index is 0.350. The molecule has 0 radical (unpaired) electrons. The minimum Gasteiger partial charge on any atom is -0.423 e. The van der Waals surface area contributed by atoms with E-state index in [9.17, 15) is 4.79 Å². The standard InChI is InChI=1S/C10H9NO2/c1-6-4-8(11)7-2-3-10(12)13-9(7)5-6/h2-5H,11H2,1H3. The maximum atomic E-state index is 10.9. The van der Waals surface area contributed by atoms with Crippen molar-refractivity contribution in [3.63, 3.8) is 0 Å². The van der Waals surface area contributed by atoms with E-state index in [0.717, 1.165) is 10.9 Å². The maximum absolute atomic E-state index is 10.9. The van der Waals surface area contributed by atoms with Crippen LogP contribution in [0.25, 0.3) is 11.0 Å². The van der Waals surface area contributed by atoms with Crippen LogP contribution in [0.4, 0.5) is 5.69 Å². The predicted molar refractivity (Wildman–Crippen MR) is 51.6 cm³/mol. The monoisotopic (exact) mass is 175 g/mol. The van der Waals surface area contributed by atoms with Gasteiger partial charge in [0.25, 0.3) is 0 Å². The molecule has 2 N–H and O–H groups in total. The molecule has 0 aliphatic rings. The van der Waals surface area contributed by atoms with Crippen LogP contribution in [0, 0.1) is 6.92 Å². The van der Waals surface area contributed by atoms with Crippen LogP contribution in [-0.2, 0) is 0 Å². The molecule has 2 aromatic rings. The fourth-order valence-electron chi connectivity index (χ4n) is 1.35. The number of hydrogen-bond donors (Lipinski definition) is 1. The van der Waals surface area contributed by atoms with Gasteiger partial charge in [-0.2, -0.15) is 0 Å². The van der Waals surface area contributed by atoms with Crippen LogP contribution in [0.3, 0.4) is 0 Å². The Labute approximate surface area is 74.8 Å². The highest BCUT2D eigenvalue weighted by molar-refractivity contribution is 5.89. The highest BCUT2D eigenvalue weighted by Gasteiger charge is 2.01. The van der Waals surface area contributed by atoms with Gasteiger partial charge in [0.1, 0.15) is 5.58 Å². The van der Waals surface area contributed by atoms with E-state index in [1.54, 1.807) is 12.1 Å². The van der Waals surface area contributed by atoms with E-state index >= 15 is 0 Å². The lowest BCUT2D eigenvalue weighted by molar-refractivity contribution is 0.561. The molecule has 0 atom stereocenters. The summed E-state index contributed by atoms with van der Waals surface area (Å²) in [5.41, 5.74) is 7.57. The third-order valence-corrected chi connectivity index (χ3v) is 1.92. The highest BCUT2D eigenvalue weighted by atomic mass is 16.4. The number of hydrogen-bond acceptors (Lipinski definition) is 3. The molecule has 66 valence electrons. The Hall–Kier alpha value is -1.77. The van der Waals surface area contributed by atoms with E-state index in [4.69, 9.17) is 10.2 Å². The molecule has 3 heteroatoms. The fourth-order valence-corrected chi connectivity index (χ4v) is 1.35. The summed E-state index contributed by atoms with van der Waals surface area (Å²) in [4.78, 5) is 10.9. The Morgan fingerprint density at radius 3 is 2.85 bits per heavy atom. The van der Waals surface area contributed by atoms with Crippen molar-refractivity contribution >= 4 is 16.7 Å². The third-order valence-electron chi connectivity index (χ3n) is 1.92. The van der Waals surface area contributed by atoms with Crippen LogP contribution in [0.15, 0.2) is 33.5 Å². The average Bonchev–Trinajstić information content (AvgIpc) is 2.02. The summed E-state index contributed by atoms with van der Waals surface area (Å²) < 4.78 is 4.99. The molecule has 0 spiro atoms. The topological polar surface area (TPSA) is 56.2 Å². The summed E-state index contributed by atoms with van der Waals surface area (Å²) in [5, 5.41) is 0.783. The largest absolute Gasteiger partial charge is 0.423 e. The maximum Gasteiger partial charge on any atom is 0.336 e. The predicted octanol–water partition coefficient (Wildman–Crippen LogP) is 1.68. The first-order valence-corrected chi connectivity index (χ1v) is 3.97. The molecule has 0 aliphatic heterocycles. The molecule has 1 aromatic carbocycles. The van der Waals surface area contributed by atoms with Gasteiger partial charge < -0.3 is 10.2 Å². The van der Waals surface area contributed by atoms with Gasteiger partial charge in [0.2, 0.25) is 0 Å². The Kier molecular flexibility index (Phi) is 1.59. The molecular formula is C10H9NO2. The van der Waals surface area contributed by atoms with E-state index < -0.39 is 0 Å². The number of nitrogens with two attached hydrogens (primary N) is 1. The highest BCUT2D eigenvalue weighted by Crippen LogP contribution is 2.20. The number of nitrogen functional groups attached to an aromatic ring is 1. The smallest absolute Gasteiger partial charge is 0.336 e. The van der Waals surface area contributed by atoms with Crippen molar-refractivity contribution in [2.45, 2.75) is 6.92 Å². The van der Waals surface area contributed by atoms with Crippen LogP contribution >= 0.6 is 0 Å². The molecule has 0 saturated carbocycles.